The SMILES string of the molecule is Oc1ccc2nc(-c3cccc(F)c3Br)[nH]c2c1. The van der Waals surface area contributed by atoms with Gasteiger partial charge in [0.15, 0.2) is 0 Å². The number of aromatic nitrogens is 2. The number of nitrogens with one attached hydrogen (secondary N) is 1. The molecular weight excluding hydrogens is 299 g/mol. The van der Waals surface area contributed by atoms with Gasteiger partial charge in [0, 0.05) is 11.6 Å². The zero-order valence-corrected chi connectivity index (χ0v) is 10.7. The summed E-state index contributed by atoms with van der Waals surface area (Å²) in [7, 11) is 0. The highest BCUT2D eigenvalue weighted by Gasteiger charge is 2.11. The van der Waals surface area contributed by atoms with E-state index in [-0.39, 0.29) is 11.6 Å². The summed E-state index contributed by atoms with van der Waals surface area (Å²) in [4.78, 5) is 7.42. The molecule has 0 aliphatic heterocycles. The summed E-state index contributed by atoms with van der Waals surface area (Å²) in [5.41, 5.74) is 2.07. The number of imidazole rings is 1. The summed E-state index contributed by atoms with van der Waals surface area (Å²) in [6.07, 6.45) is 0. The van der Waals surface area contributed by atoms with E-state index in [2.05, 4.69) is 25.9 Å². The van der Waals surface area contributed by atoms with E-state index in [1.807, 2.05) is 0 Å². The van der Waals surface area contributed by atoms with E-state index < -0.39 is 0 Å². The fourth-order valence-corrected chi connectivity index (χ4v) is 2.26. The lowest BCUT2D eigenvalue weighted by atomic mass is 10.2. The van der Waals surface area contributed by atoms with Gasteiger partial charge in [0.05, 0.1) is 15.5 Å². The summed E-state index contributed by atoms with van der Waals surface area (Å²) in [5.74, 6) is 0.383. The Labute approximate surface area is 110 Å². The number of halogens is 2. The van der Waals surface area contributed by atoms with E-state index in [0.29, 0.717) is 21.4 Å². The van der Waals surface area contributed by atoms with Crippen molar-refractivity contribution in [2.24, 2.45) is 0 Å². The number of benzene rings is 2. The number of aromatic hydroxyl groups is 1. The van der Waals surface area contributed by atoms with Crippen LogP contribution in [0.1, 0.15) is 0 Å². The second kappa shape index (κ2) is 4.10. The van der Waals surface area contributed by atoms with Crippen LogP contribution in [0.5, 0.6) is 5.75 Å². The molecule has 0 unspecified atom stereocenters. The van der Waals surface area contributed by atoms with Crippen molar-refractivity contribution in [2.45, 2.75) is 0 Å². The van der Waals surface area contributed by atoms with Gasteiger partial charge in [-0.05, 0) is 40.2 Å². The first-order chi connectivity index (χ1) is 8.65. The zero-order chi connectivity index (χ0) is 12.7. The number of phenols is 1. The van der Waals surface area contributed by atoms with Crippen LogP contribution < -0.4 is 0 Å². The molecule has 0 radical (unpaired) electrons. The van der Waals surface area contributed by atoms with Crippen molar-refractivity contribution in [3.8, 4) is 17.1 Å². The Morgan fingerprint density at radius 3 is 2.89 bits per heavy atom. The standard InChI is InChI=1S/C13H8BrFN2O/c14-12-8(2-1-3-9(12)15)13-16-10-5-4-7(18)6-11(10)17-13/h1-6,18H,(H,16,17). The molecule has 1 aromatic heterocycles. The fraction of sp³-hybridized carbons (Fsp3) is 0. The minimum absolute atomic E-state index is 0.163. The van der Waals surface area contributed by atoms with Gasteiger partial charge in [-0.15, -0.1) is 0 Å². The molecule has 0 amide bonds. The summed E-state index contributed by atoms with van der Waals surface area (Å²) >= 11 is 3.20. The third-order valence-corrected chi connectivity index (χ3v) is 3.48. The number of nitrogens with zero attached hydrogens (tertiary/aromatic N) is 1. The highest BCUT2D eigenvalue weighted by molar-refractivity contribution is 9.10. The second-order valence-corrected chi connectivity index (χ2v) is 4.68. The van der Waals surface area contributed by atoms with E-state index in [0.717, 1.165) is 5.52 Å². The lowest BCUT2D eigenvalue weighted by molar-refractivity contribution is 0.476. The molecule has 3 rings (SSSR count). The van der Waals surface area contributed by atoms with Crippen molar-refractivity contribution in [1.29, 1.82) is 0 Å². The summed E-state index contributed by atoms with van der Waals surface area (Å²) in [6.45, 7) is 0. The van der Waals surface area contributed by atoms with E-state index in [9.17, 15) is 9.50 Å². The first kappa shape index (κ1) is 11.2. The summed E-state index contributed by atoms with van der Waals surface area (Å²) < 4.78 is 13.8. The minimum atomic E-state index is -0.337. The molecule has 0 saturated carbocycles. The van der Waals surface area contributed by atoms with Crippen LogP contribution in [-0.2, 0) is 0 Å². The number of rotatable bonds is 1. The minimum Gasteiger partial charge on any atom is -0.508 e. The Bertz CT molecular complexity index is 739. The van der Waals surface area contributed by atoms with E-state index >= 15 is 0 Å². The van der Waals surface area contributed by atoms with Gasteiger partial charge in [0.1, 0.15) is 17.4 Å². The van der Waals surface area contributed by atoms with Crippen molar-refractivity contribution < 1.29 is 9.50 Å². The lowest BCUT2D eigenvalue weighted by Gasteiger charge is -2.00. The number of hydrogen-bond donors (Lipinski definition) is 2. The Balaban J connectivity index is 2.22. The molecule has 0 fully saturated rings. The first-order valence-corrected chi connectivity index (χ1v) is 6.07. The third-order valence-electron chi connectivity index (χ3n) is 2.67. The van der Waals surface area contributed by atoms with E-state index in [1.54, 1.807) is 30.3 Å². The molecule has 5 heteroatoms. The number of hydrogen-bond acceptors (Lipinski definition) is 2. The van der Waals surface area contributed by atoms with Crippen LogP contribution in [0.3, 0.4) is 0 Å². The molecule has 2 aromatic carbocycles. The number of phenolic OH excluding ortho intramolecular Hbond substituents is 1. The van der Waals surface area contributed by atoms with Gasteiger partial charge in [-0.3, -0.25) is 0 Å². The van der Waals surface area contributed by atoms with Crippen molar-refractivity contribution in [1.82, 2.24) is 9.97 Å². The topological polar surface area (TPSA) is 48.9 Å². The predicted molar refractivity (Wildman–Crippen MR) is 70.9 cm³/mol. The van der Waals surface area contributed by atoms with Crippen LogP contribution in [0.15, 0.2) is 40.9 Å². The van der Waals surface area contributed by atoms with Crippen LogP contribution in [-0.4, -0.2) is 15.1 Å². The van der Waals surface area contributed by atoms with Gasteiger partial charge >= 0.3 is 0 Å². The molecule has 0 saturated heterocycles. The maximum absolute atomic E-state index is 13.5. The molecular formula is C13H8BrFN2O. The molecule has 0 atom stereocenters. The number of fused-ring (bicyclic) bond motifs is 1. The van der Waals surface area contributed by atoms with Crippen LogP contribution in [0.2, 0.25) is 0 Å². The van der Waals surface area contributed by atoms with E-state index in [4.69, 9.17) is 0 Å². The lowest BCUT2D eigenvalue weighted by Crippen LogP contribution is -1.85. The monoisotopic (exact) mass is 306 g/mol. The van der Waals surface area contributed by atoms with Gasteiger partial charge in [-0.2, -0.15) is 0 Å². The van der Waals surface area contributed by atoms with Crippen molar-refractivity contribution in [3.05, 3.63) is 46.7 Å². The van der Waals surface area contributed by atoms with Gasteiger partial charge in [0.25, 0.3) is 0 Å². The van der Waals surface area contributed by atoms with Crippen LogP contribution in [0, 0.1) is 5.82 Å². The van der Waals surface area contributed by atoms with Crippen LogP contribution in [0.25, 0.3) is 22.4 Å². The van der Waals surface area contributed by atoms with E-state index in [1.165, 1.54) is 6.07 Å². The quantitative estimate of drug-likeness (QED) is 0.717. The summed E-state index contributed by atoms with van der Waals surface area (Å²) in [5, 5.41) is 9.39. The number of aromatic amines is 1. The average Bonchev–Trinajstić information content (AvgIpc) is 2.75. The largest absolute Gasteiger partial charge is 0.508 e. The van der Waals surface area contributed by atoms with Gasteiger partial charge in [-0.1, -0.05) is 6.07 Å². The molecule has 0 spiro atoms. The van der Waals surface area contributed by atoms with Gasteiger partial charge in [-0.25, -0.2) is 9.37 Å². The first-order valence-electron chi connectivity index (χ1n) is 5.28. The van der Waals surface area contributed by atoms with Crippen LogP contribution >= 0.6 is 15.9 Å². The smallest absolute Gasteiger partial charge is 0.139 e. The molecule has 90 valence electrons. The summed E-state index contributed by atoms with van der Waals surface area (Å²) in [6, 6.07) is 9.62. The molecule has 2 N–H and O–H groups in total. The molecule has 3 aromatic rings. The molecule has 18 heavy (non-hydrogen) atoms. The Hall–Kier alpha value is -1.88. The molecule has 1 heterocycles. The van der Waals surface area contributed by atoms with Crippen molar-refractivity contribution >= 4 is 27.0 Å². The molecule has 0 bridgehead atoms. The Morgan fingerprint density at radius 2 is 2.06 bits per heavy atom. The molecule has 0 aliphatic carbocycles. The van der Waals surface area contributed by atoms with Crippen molar-refractivity contribution in [2.75, 3.05) is 0 Å². The Kier molecular flexibility index (Phi) is 2.56. The zero-order valence-electron chi connectivity index (χ0n) is 9.11. The highest BCUT2D eigenvalue weighted by atomic mass is 79.9. The predicted octanol–water partition coefficient (Wildman–Crippen LogP) is 3.84. The maximum Gasteiger partial charge on any atom is 0.139 e. The van der Waals surface area contributed by atoms with Gasteiger partial charge < -0.3 is 10.1 Å². The maximum atomic E-state index is 13.5. The highest BCUT2D eigenvalue weighted by Crippen LogP contribution is 2.30. The molecule has 0 aliphatic rings. The van der Waals surface area contributed by atoms with Crippen molar-refractivity contribution in [3.63, 3.8) is 0 Å². The fourth-order valence-electron chi connectivity index (χ4n) is 1.81. The normalized spacial score (nSPS) is 11.0. The Morgan fingerprint density at radius 1 is 1.22 bits per heavy atom. The van der Waals surface area contributed by atoms with Crippen LogP contribution in [0.4, 0.5) is 4.39 Å². The molecule has 3 nitrogen and oxygen atoms in total. The number of H-pyrrole nitrogens is 1. The second-order valence-electron chi connectivity index (χ2n) is 3.89. The average molecular weight is 307 g/mol. The third kappa shape index (κ3) is 1.76. The van der Waals surface area contributed by atoms with Gasteiger partial charge in [0.2, 0.25) is 0 Å².